The summed E-state index contributed by atoms with van der Waals surface area (Å²) in [6.07, 6.45) is 3.74. The molecule has 4 aromatic rings. The van der Waals surface area contributed by atoms with Crippen molar-refractivity contribution in [3.63, 3.8) is 0 Å². The number of benzene rings is 3. The Labute approximate surface area is 282 Å². The van der Waals surface area contributed by atoms with Gasteiger partial charge in [0, 0.05) is 17.7 Å². The van der Waals surface area contributed by atoms with Gasteiger partial charge in [-0.3, -0.25) is 14.5 Å². The summed E-state index contributed by atoms with van der Waals surface area (Å²) < 4.78 is 18.5. The highest BCUT2D eigenvalue weighted by Gasteiger charge is 2.48. The maximum atomic E-state index is 13.8. The molecule has 1 aromatic heterocycles. The van der Waals surface area contributed by atoms with Crippen molar-refractivity contribution in [3.8, 4) is 17.2 Å². The van der Waals surface area contributed by atoms with E-state index in [1.54, 1.807) is 30.3 Å². The van der Waals surface area contributed by atoms with Crippen molar-refractivity contribution in [2.45, 2.75) is 68.7 Å². The molecule has 1 amide bonds. The Kier molecular flexibility index (Phi) is 10.1. The van der Waals surface area contributed by atoms with E-state index in [1.807, 2.05) is 50.2 Å². The van der Waals surface area contributed by atoms with Crippen LogP contribution in [-0.4, -0.2) is 46.3 Å². The Morgan fingerprint density at radius 2 is 1.85 bits per heavy atom. The van der Waals surface area contributed by atoms with Gasteiger partial charge in [-0.05, 0) is 67.3 Å². The zero-order valence-electron chi connectivity index (χ0n) is 26.6. The molecule has 0 radical (unpaired) electrons. The fourth-order valence-electron chi connectivity index (χ4n) is 5.76. The van der Waals surface area contributed by atoms with E-state index in [-0.39, 0.29) is 22.6 Å². The number of aliphatic hydroxyl groups excluding tert-OH is 1. The van der Waals surface area contributed by atoms with Crippen LogP contribution in [0.25, 0.3) is 5.76 Å². The standard InChI is InChI=1S/C36H37N3O6S2/c1-4-6-10-17-44-28-16-13-24(20-29(28)43-5-2)31-30(32(40)25-14-15-27-26(19-25)18-22(3)45-27)33(41)34(42)39(31)35-37-38-36(47-35)46-21-23-11-8-7-9-12-23/h7-9,11-16,19-20,22,31,40H,4-6,10,17-18,21H2,1-3H3/t22-,31+/m1/s1. The number of amides is 1. The van der Waals surface area contributed by atoms with E-state index in [1.165, 1.54) is 28.0 Å². The third kappa shape index (κ3) is 7.01. The number of hydrogen-bond acceptors (Lipinski definition) is 10. The number of unbranched alkanes of at least 4 members (excludes halogenated alkanes) is 2. The number of fused-ring (bicyclic) bond motifs is 1. The molecule has 11 heteroatoms. The van der Waals surface area contributed by atoms with Crippen LogP contribution in [0.3, 0.4) is 0 Å². The maximum absolute atomic E-state index is 13.8. The molecule has 0 aliphatic carbocycles. The van der Waals surface area contributed by atoms with E-state index in [2.05, 4.69) is 17.1 Å². The predicted molar refractivity (Wildman–Crippen MR) is 184 cm³/mol. The van der Waals surface area contributed by atoms with E-state index < -0.39 is 17.7 Å². The summed E-state index contributed by atoms with van der Waals surface area (Å²) in [4.78, 5) is 29.0. The topological polar surface area (TPSA) is 111 Å². The van der Waals surface area contributed by atoms with Crippen LogP contribution in [0.1, 0.15) is 68.3 Å². The summed E-state index contributed by atoms with van der Waals surface area (Å²) in [6.45, 7) is 6.93. The number of Topliss-reactive ketones (excluding diaryl/α,β-unsaturated/α-hetero) is 1. The average molecular weight is 672 g/mol. The molecule has 2 aliphatic heterocycles. The first-order valence-electron chi connectivity index (χ1n) is 15.9. The van der Waals surface area contributed by atoms with Gasteiger partial charge in [-0.1, -0.05) is 79.3 Å². The van der Waals surface area contributed by atoms with E-state index in [4.69, 9.17) is 14.2 Å². The highest BCUT2D eigenvalue weighted by molar-refractivity contribution is 8.00. The number of ketones is 1. The quantitative estimate of drug-likeness (QED) is 0.0381. The van der Waals surface area contributed by atoms with Crippen molar-refractivity contribution in [2.24, 2.45) is 0 Å². The van der Waals surface area contributed by atoms with Gasteiger partial charge in [0.15, 0.2) is 15.8 Å². The summed E-state index contributed by atoms with van der Waals surface area (Å²) >= 11 is 2.73. The van der Waals surface area contributed by atoms with E-state index in [0.717, 1.165) is 36.1 Å². The summed E-state index contributed by atoms with van der Waals surface area (Å²) in [5, 5.41) is 20.7. The van der Waals surface area contributed by atoms with E-state index in [0.29, 0.717) is 52.4 Å². The molecule has 2 atom stereocenters. The number of carbonyl (C=O) groups is 2. The van der Waals surface area contributed by atoms with Crippen molar-refractivity contribution >= 4 is 45.7 Å². The molecule has 1 N–H and O–H groups in total. The molecular formula is C36H37N3O6S2. The van der Waals surface area contributed by atoms with Gasteiger partial charge in [-0.2, -0.15) is 0 Å². The number of nitrogens with zero attached hydrogens (tertiary/aromatic N) is 3. The first-order chi connectivity index (χ1) is 22.9. The molecule has 1 fully saturated rings. The number of carbonyl (C=O) groups excluding carboxylic acids is 2. The fourth-order valence-corrected chi connectivity index (χ4v) is 7.59. The highest BCUT2D eigenvalue weighted by atomic mass is 32.2. The minimum atomic E-state index is -0.980. The lowest BCUT2D eigenvalue weighted by atomic mass is 9.94. The molecule has 3 aromatic carbocycles. The van der Waals surface area contributed by atoms with E-state index in [9.17, 15) is 14.7 Å². The first kappa shape index (κ1) is 32.6. The van der Waals surface area contributed by atoms with Crippen LogP contribution in [-0.2, 0) is 21.8 Å². The molecule has 3 heterocycles. The van der Waals surface area contributed by atoms with Gasteiger partial charge in [0.1, 0.15) is 17.6 Å². The second-order valence-corrected chi connectivity index (χ2v) is 13.6. The van der Waals surface area contributed by atoms with Gasteiger partial charge in [-0.15, -0.1) is 10.2 Å². The number of rotatable bonds is 13. The van der Waals surface area contributed by atoms with Crippen LogP contribution in [0, 0.1) is 0 Å². The Morgan fingerprint density at radius 1 is 1.02 bits per heavy atom. The second-order valence-electron chi connectivity index (χ2n) is 11.4. The van der Waals surface area contributed by atoms with Crippen molar-refractivity contribution in [2.75, 3.05) is 18.1 Å². The molecule has 0 saturated carbocycles. The predicted octanol–water partition coefficient (Wildman–Crippen LogP) is 7.75. The SMILES string of the molecule is CCCCCOc1ccc([C@H]2C(=C(O)c3ccc4c(c3)C[C@@H](C)O4)C(=O)C(=O)N2c2nnc(SCc3ccccc3)s2)cc1OCC. The van der Waals surface area contributed by atoms with Crippen LogP contribution in [0.15, 0.2) is 76.6 Å². The number of thioether (sulfide) groups is 1. The Bertz CT molecular complexity index is 1790. The zero-order valence-corrected chi connectivity index (χ0v) is 28.2. The lowest BCUT2D eigenvalue weighted by Gasteiger charge is -2.23. The van der Waals surface area contributed by atoms with Gasteiger partial charge in [0.25, 0.3) is 5.78 Å². The molecule has 0 unspecified atom stereocenters. The lowest BCUT2D eigenvalue weighted by molar-refractivity contribution is -0.132. The van der Waals surface area contributed by atoms with Gasteiger partial charge >= 0.3 is 5.91 Å². The van der Waals surface area contributed by atoms with Crippen LogP contribution in [0.2, 0.25) is 0 Å². The van der Waals surface area contributed by atoms with Gasteiger partial charge in [0.2, 0.25) is 5.13 Å². The van der Waals surface area contributed by atoms with Crippen LogP contribution < -0.4 is 19.1 Å². The van der Waals surface area contributed by atoms with Crippen LogP contribution >= 0.6 is 23.1 Å². The monoisotopic (exact) mass is 671 g/mol. The molecule has 244 valence electrons. The van der Waals surface area contributed by atoms with Gasteiger partial charge in [-0.25, -0.2) is 0 Å². The third-order valence-electron chi connectivity index (χ3n) is 8.01. The van der Waals surface area contributed by atoms with Gasteiger partial charge in [0.05, 0.1) is 24.8 Å². The Balaban J connectivity index is 1.40. The minimum Gasteiger partial charge on any atom is -0.507 e. The second kappa shape index (κ2) is 14.6. The number of hydrogen-bond donors (Lipinski definition) is 1. The summed E-state index contributed by atoms with van der Waals surface area (Å²) in [7, 11) is 0. The van der Waals surface area contributed by atoms with Crippen molar-refractivity contribution in [1.82, 2.24) is 10.2 Å². The van der Waals surface area contributed by atoms with Crippen LogP contribution in [0.4, 0.5) is 5.13 Å². The molecule has 6 rings (SSSR count). The molecule has 0 spiro atoms. The molecule has 2 aliphatic rings. The number of anilines is 1. The summed E-state index contributed by atoms with van der Waals surface area (Å²) in [6, 6.07) is 19.7. The largest absolute Gasteiger partial charge is 0.507 e. The zero-order chi connectivity index (χ0) is 32.9. The molecule has 9 nitrogen and oxygen atoms in total. The Morgan fingerprint density at radius 3 is 2.64 bits per heavy atom. The fraction of sp³-hybridized carbons (Fsp3) is 0.333. The molecule has 47 heavy (non-hydrogen) atoms. The number of aromatic nitrogens is 2. The highest BCUT2D eigenvalue weighted by Crippen LogP contribution is 2.46. The van der Waals surface area contributed by atoms with E-state index >= 15 is 0 Å². The number of aliphatic hydroxyl groups is 1. The Hall–Kier alpha value is -4.35. The first-order valence-corrected chi connectivity index (χ1v) is 17.7. The normalized spacial score (nSPS) is 18.3. The lowest BCUT2D eigenvalue weighted by Crippen LogP contribution is -2.29. The maximum Gasteiger partial charge on any atom is 0.301 e. The summed E-state index contributed by atoms with van der Waals surface area (Å²) in [5.74, 6) is 0.637. The third-order valence-corrected chi connectivity index (χ3v) is 10.1. The average Bonchev–Trinajstić information content (AvgIpc) is 3.77. The summed E-state index contributed by atoms with van der Waals surface area (Å²) in [5.41, 5.74) is 3.03. The molecular weight excluding hydrogens is 635 g/mol. The van der Waals surface area contributed by atoms with Crippen molar-refractivity contribution < 1.29 is 28.9 Å². The van der Waals surface area contributed by atoms with Gasteiger partial charge < -0.3 is 19.3 Å². The molecule has 0 bridgehead atoms. The van der Waals surface area contributed by atoms with Crippen molar-refractivity contribution in [3.05, 3.63) is 94.6 Å². The van der Waals surface area contributed by atoms with Crippen LogP contribution in [0.5, 0.6) is 17.2 Å². The minimum absolute atomic E-state index is 0.0130. The smallest absolute Gasteiger partial charge is 0.301 e. The number of ether oxygens (including phenoxy) is 3. The molecule has 1 saturated heterocycles. The van der Waals surface area contributed by atoms with Crippen molar-refractivity contribution in [1.29, 1.82) is 0 Å².